The Balaban J connectivity index is 2.14. The van der Waals surface area contributed by atoms with Crippen molar-refractivity contribution in [3.63, 3.8) is 0 Å². The minimum absolute atomic E-state index is 0.196. The van der Waals surface area contributed by atoms with Crippen molar-refractivity contribution < 1.29 is 18.4 Å². The molecule has 6 heteroatoms. The maximum atomic E-state index is 13.4. The molecule has 0 aliphatic rings. The van der Waals surface area contributed by atoms with E-state index in [0.717, 1.165) is 0 Å². The van der Waals surface area contributed by atoms with Gasteiger partial charge < -0.3 is 10.6 Å². The Morgan fingerprint density at radius 1 is 0.960 bits per heavy atom. The van der Waals surface area contributed by atoms with E-state index in [9.17, 15) is 18.4 Å². The average molecular weight is 346 g/mol. The molecule has 0 heterocycles. The van der Waals surface area contributed by atoms with Crippen molar-refractivity contribution in [3.8, 4) is 0 Å². The molecule has 0 bridgehead atoms. The minimum atomic E-state index is -0.819. The molecule has 132 valence electrons. The van der Waals surface area contributed by atoms with E-state index in [-0.39, 0.29) is 11.5 Å². The second-order valence-electron chi connectivity index (χ2n) is 6.15. The molecule has 2 amide bonds. The molecule has 0 aromatic heterocycles. The van der Waals surface area contributed by atoms with Crippen LogP contribution in [-0.4, -0.2) is 17.9 Å². The van der Waals surface area contributed by atoms with Gasteiger partial charge in [0.1, 0.15) is 17.7 Å². The third kappa shape index (κ3) is 4.86. The number of halogens is 2. The number of benzene rings is 2. The highest BCUT2D eigenvalue weighted by atomic mass is 19.1. The van der Waals surface area contributed by atoms with E-state index in [2.05, 4.69) is 10.6 Å². The zero-order valence-corrected chi connectivity index (χ0v) is 14.3. The van der Waals surface area contributed by atoms with Crippen LogP contribution in [0.5, 0.6) is 0 Å². The van der Waals surface area contributed by atoms with Gasteiger partial charge >= 0.3 is 0 Å². The standard InChI is InChI=1S/C19H20F2N2O2/c1-11(2)17(23-18(24)13-5-8-14(20)9-6-13)19(25)22-16-10-15(21)7-4-12(16)3/h4-11,17H,1-3H3,(H,22,25)(H,23,24)/t17-/m0/s1. The lowest BCUT2D eigenvalue weighted by Gasteiger charge is -2.22. The molecule has 2 rings (SSSR count). The van der Waals surface area contributed by atoms with Crippen LogP contribution in [0.25, 0.3) is 0 Å². The highest BCUT2D eigenvalue weighted by Gasteiger charge is 2.25. The Morgan fingerprint density at radius 3 is 2.16 bits per heavy atom. The molecule has 0 unspecified atom stereocenters. The van der Waals surface area contributed by atoms with Crippen LogP contribution in [0, 0.1) is 24.5 Å². The van der Waals surface area contributed by atoms with Crippen LogP contribution in [0.4, 0.5) is 14.5 Å². The van der Waals surface area contributed by atoms with Crippen molar-refractivity contribution in [2.24, 2.45) is 5.92 Å². The van der Waals surface area contributed by atoms with E-state index < -0.39 is 29.5 Å². The number of aryl methyl sites for hydroxylation is 1. The van der Waals surface area contributed by atoms with Crippen LogP contribution in [-0.2, 0) is 4.79 Å². The van der Waals surface area contributed by atoms with Gasteiger partial charge in [-0.3, -0.25) is 9.59 Å². The molecule has 0 fully saturated rings. The van der Waals surface area contributed by atoms with Gasteiger partial charge in [0, 0.05) is 11.3 Å². The van der Waals surface area contributed by atoms with Crippen LogP contribution >= 0.6 is 0 Å². The maximum absolute atomic E-state index is 13.4. The first kappa shape index (κ1) is 18.6. The first-order valence-electron chi connectivity index (χ1n) is 7.91. The number of rotatable bonds is 5. The number of amides is 2. The van der Waals surface area contributed by atoms with Gasteiger partial charge in [0.05, 0.1) is 0 Å². The Bertz CT molecular complexity index is 773. The lowest BCUT2D eigenvalue weighted by molar-refractivity contribution is -0.118. The fraction of sp³-hybridized carbons (Fsp3) is 0.263. The van der Waals surface area contributed by atoms with Gasteiger partial charge in [-0.25, -0.2) is 8.78 Å². The highest BCUT2D eigenvalue weighted by Crippen LogP contribution is 2.17. The van der Waals surface area contributed by atoms with E-state index in [1.54, 1.807) is 26.8 Å². The second-order valence-corrected chi connectivity index (χ2v) is 6.15. The second kappa shape index (κ2) is 7.88. The Kier molecular flexibility index (Phi) is 5.85. The Morgan fingerprint density at radius 2 is 1.56 bits per heavy atom. The minimum Gasteiger partial charge on any atom is -0.340 e. The number of carbonyl (C=O) groups excluding carboxylic acids is 2. The molecule has 0 saturated carbocycles. The number of nitrogens with one attached hydrogen (secondary N) is 2. The van der Waals surface area contributed by atoms with Crippen molar-refractivity contribution in [3.05, 3.63) is 65.2 Å². The molecule has 0 aliphatic heterocycles. The van der Waals surface area contributed by atoms with Crippen molar-refractivity contribution >= 4 is 17.5 Å². The highest BCUT2D eigenvalue weighted by molar-refractivity contribution is 6.01. The molecular weight excluding hydrogens is 326 g/mol. The molecule has 1 atom stereocenters. The van der Waals surface area contributed by atoms with Crippen molar-refractivity contribution in [2.45, 2.75) is 26.8 Å². The number of carbonyl (C=O) groups is 2. The van der Waals surface area contributed by atoms with E-state index in [0.29, 0.717) is 11.3 Å². The van der Waals surface area contributed by atoms with Gasteiger partial charge in [-0.1, -0.05) is 19.9 Å². The predicted octanol–water partition coefficient (Wildman–Crippen LogP) is 3.67. The molecule has 2 N–H and O–H groups in total. The molecule has 4 nitrogen and oxygen atoms in total. The summed E-state index contributed by atoms with van der Waals surface area (Å²) < 4.78 is 26.3. The normalized spacial score (nSPS) is 11.9. The quantitative estimate of drug-likeness (QED) is 0.868. The summed E-state index contributed by atoms with van der Waals surface area (Å²) in [6, 6.07) is 8.32. The summed E-state index contributed by atoms with van der Waals surface area (Å²) in [6.45, 7) is 5.32. The van der Waals surface area contributed by atoms with E-state index in [1.165, 1.54) is 36.4 Å². The van der Waals surface area contributed by atoms with Crippen molar-refractivity contribution in [1.82, 2.24) is 5.32 Å². The van der Waals surface area contributed by atoms with Gasteiger partial charge in [-0.05, 0) is 54.8 Å². The van der Waals surface area contributed by atoms with Gasteiger partial charge in [0.25, 0.3) is 5.91 Å². The predicted molar refractivity (Wildman–Crippen MR) is 92.3 cm³/mol. The number of hydrogen-bond acceptors (Lipinski definition) is 2. The number of anilines is 1. The third-order valence-electron chi connectivity index (χ3n) is 3.80. The van der Waals surface area contributed by atoms with Gasteiger partial charge in [-0.2, -0.15) is 0 Å². The van der Waals surface area contributed by atoms with Crippen molar-refractivity contribution in [2.75, 3.05) is 5.32 Å². The van der Waals surface area contributed by atoms with Crippen LogP contribution in [0.1, 0.15) is 29.8 Å². The Labute approximate surface area is 145 Å². The monoisotopic (exact) mass is 346 g/mol. The number of hydrogen-bond donors (Lipinski definition) is 2. The third-order valence-corrected chi connectivity index (χ3v) is 3.80. The molecule has 2 aromatic rings. The summed E-state index contributed by atoms with van der Waals surface area (Å²) in [4.78, 5) is 24.8. The summed E-state index contributed by atoms with van der Waals surface area (Å²) >= 11 is 0. The molecule has 0 radical (unpaired) electrons. The Hall–Kier alpha value is -2.76. The molecule has 0 aliphatic carbocycles. The summed E-state index contributed by atoms with van der Waals surface area (Å²) in [5.41, 5.74) is 1.32. The maximum Gasteiger partial charge on any atom is 0.251 e. The van der Waals surface area contributed by atoms with E-state index in [4.69, 9.17) is 0 Å². The smallest absolute Gasteiger partial charge is 0.251 e. The summed E-state index contributed by atoms with van der Waals surface area (Å²) in [7, 11) is 0. The SMILES string of the molecule is Cc1ccc(F)cc1NC(=O)[C@@H](NC(=O)c1ccc(F)cc1)C(C)C. The van der Waals surface area contributed by atoms with Gasteiger partial charge in [-0.15, -0.1) is 0 Å². The molecule has 0 saturated heterocycles. The van der Waals surface area contributed by atoms with E-state index >= 15 is 0 Å². The van der Waals surface area contributed by atoms with Crippen LogP contribution in [0.3, 0.4) is 0 Å². The molecule has 25 heavy (non-hydrogen) atoms. The first-order chi connectivity index (χ1) is 11.8. The fourth-order valence-electron chi connectivity index (χ4n) is 2.30. The van der Waals surface area contributed by atoms with Gasteiger partial charge in [0.15, 0.2) is 0 Å². The van der Waals surface area contributed by atoms with Crippen LogP contribution in [0.15, 0.2) is 42.5 Å². The van der Waals surface area contributed by atoms with Gasteiger partial charge in [0.2, 0.25) is 5.91 Å². The largest absolute Gasteiger partial charge is 0.340 e. The lowest BCUT2D eigenvalue weighted by Crippen LogP contribution is -2.47. The summed E-state index contributed by atoms with van der Waals surface area (Å²) in [5, 5.41) is 5.28. The first-order valence-corrected chi connectivity index (χ1v) is 7.91. The van der Waals surface area contributed by atoms with Crippen LogP contribution in [0.2, 0.25) is 0 Å². The molecule has 2 aromatic carbocycles. The zero-order chi connectivity index (χ0) is 18.6. The molecular formula is C19H20F2N2O2. The zero-order valence-electron chi connectivity index (χ0n) is 14.3. The summed E-state index contributed by atoms with van der Waals surface area (Å²) in [6.07, 6.45) is 0. The van der Waals surface area contributed by atoms with Crippen LogP contribution < -0.4 is 10.6 Å². The van der Waals surface area contributed by atoms with E-state index in [1.807, 2.05) is 0 Å². The van der Waals surface area contributed by atoms with Crippen molar-refractivity contribution in [1.29, 1.82) is 0 Å². The lowest BCUT2D eigenvalue weighted by atomic mass is 10.0. The topological polar surface area (TPSA) is 58.2 Å². The summed E-state index contributed by atoms with van der Waals surface area (Å²) in [5.74, 6) is -2.03. The molecule has 0 spiro atoms. The fourth-order valence-corrected chi connectivity index (χ4v) is 2.30. The average Bonchev–Trinajstić information content (AvgIpc) is 2.56.